The Hall–Kier alpha value is -2.35. The summed E-state index contributed by atoms with van der Waals surface area (Å²) in [6, 6.07) is 9.66. The first-order chi connectivity index (χ1) is 11.7. The van der Waals surface area contributed by atoms with Crippen molar-refractivity contribution in [1.29, 1.82) is 0 Å². The monoisotopic (exact) mass is 343 g/mol. The molecule has 1 aromatic heterocycles. The predicted molar refractivity (Wildman–Crippen MR) is 89.2 cm³/mol. The van der Waals surface area contributed by atoms with Gasteiger partial charge in [0.2, 0.25) is 11.1 Å². The van der Waals surface area contributed by atoms with Crippen molar-refractivity contribution in [3.63, 3.8) is 0 Å². The topological polar surface area (TPSA) is 80.1 Å². The molecule has 2 heterocycles. The summed E-state index contributed by atoms with van der Waals surface area (Å²) in [7, 11) is 0. The van der Waals surface area contributed by atoms with Gasteiger partial charge in [-0.25, -0.2) is 14.5 Å². The summed E-state index contributed by atoms with van der Waals surface area (Å²) in [6.07, 6.45) is 2.30. The lowest BCUT2D eigenvalue weighted by Gasteiger charge is -2.10. The summed E-state index contributed by atoms with van der Waals surface area (Å²) >= 11 is 1.47. The second-order valence-corrected chi connectivity index (χ2v) is 6.89. The van der Waals surface area contributed by atoms with E-state index in [4.69, 9.17) is 0 Å². The lowest BCUT2D eigenvalue weighted by atomic mass is 10.3. The highest BCUT2D eigenvalue weighted by Gasteiger charge is 2.31. The number of benzene rings is 1. The molecule has 0 spiro atoms. The van der Waals surface area contributed by atoms with E-state index in [-0.39, 0.29) is 18.5 Å². The SMILES string of the molecule is O=C1CNC(=O)N1CCSc1nc(C2CC2)n(-c2ccccc2)n1. The summed E-state index contributed by atoms with van der Waals surface area (Å²) < 4.78 is 1.91. The van der Waals surface area contributed by atoms with Crippen molar-refractivity contribution in [1.82, 2.24) is 25.0 Å². The Morgan fingerprint density at radius 3 is 2.67 bits per heavy atom. The largest absolute Gasteiger partial charge is 0.329 e. The molecule has 24 heavy (non-hydrogen) atoms. The maximum Gasteiger partial charge on any atom is 0.324 e. The number of thioether (sulfide) groups is 1. The number of aromatic nitrogens is 3. The number of nitrogens with zero attached hydrogens (tertiary/aromatic N) is 4. The van der Waals surface area contributed by atoms with Crippen LogP contribution in [0.1, 0.15) is 24.6 Å². The van der Waals surface area contributed by atoms with Crippen LogP contribution in [-0.2, 0) is 4.79 Å². The van der Waals surface area contributed by atoms with Crippen LogP contribution in [0, 0.1) is 0 Å². The molecule has 0 radical (unpaired) electrons. The number of imide groups is 1. The molecular formula is C16H17N5O2S. The van der Waals surface area contributed by atoms with E-state index in [9.17, 15) is 9.59 Å². The molecule has 8 heteroatoms. The summed E-state index contributed by atoms with van der Waals surface area (Å²) in [6.45, 7) is 0.462. The van der Waals surface area contributed by atoms with Crippen LogP contribution in [0.5, 0.6) is 0 Å². The second-order valence-electron chi connectivity index (χ2n) is 5.83. The van der Waals surface area contributed by atoms with Gasteiger partial charge in [-0.1, -0.05) is 30.0 Å². The number of nitrogens with one attached hydrogen (secondary N) is 1. The molecule has 1 aliphatic carbocycles. The standard InChI is InChI=1S/C16H17N5O2S/c22-13-10-17-16(23)20(13)8-9-24-15-18-14(11-6-7-11)21(19-15)12-4-2-1-3-5-12/h1-5,11H,6-10H2,(H,17,23). The molecule has 1 saturated heterocycles. The van der Waals surface area contributed by atoms with Gasteiger partial charge in [-0.05, 0) is 25.0 Å². The normalized spacial score (nSPS) is 17.4. The van der Waals surface area contributed by atoms with E-state index < -0.39 is 0 Å². The zero-order valence-corrected chi connectivity index (χ0v) is 13.8. The van der Waals surface area contributed by atoms with Crippen LogP contribution in [0.4, 0.5) is 4.79 Å². The number of hydrogen-bond acceptors (Lipinski definition) is 5. The lowest BCUT2D eigenvalue weighted by molar-refractivity contribution is -0.124. The zero-order valence-electron chi connectivity index (χ0n) is 13.0. The van der Waals surface area contributed by atoms with Crippen LogP contribution in [0.25, 0.3) is 5.69 Å². The minimum absolute atomic E-state index is 0.0935. The van der Waals surface area contributed by atoms with E-state index in [1.807, 2.05) is 35.0 Å². The molecule has 1 aromatic carbocycles. The van der Waals surface area contributed by atoms with Crippen LogP contribution in [0.15, 0.2) is 35.5 Å². The zero-order chi connectivity index (χ0) is 16.5. The van der Waals surface area contributed by atoms with Gasteiger partial charge >= 0.3 is 6.03 Å². The first-order valence-electron chi connectivity index (χ1n) is 7.96. The Morgan fingerprint density at radius 1 is 1.21 bits per heavy atom. The number of hydrogen-bond donors (Lipinski definition) is 1. The fraction of sp³-hybridized carbons (Fsp3) is 0.375. The third-order valence-corrected chi connectivity index (χ3v) is 4.86. The van der Waals surface area contributed by atoms with Gasteiger partial charge in [-0.2, -0.15) is 0 Å². The summed E-state index contributed by atoms with van der Waals surface area (Å²) in [5.74, 6) is 1.89. The Kier molecular flexibility index (Phi) is 3.97. The van der Waals surface area contributed by atoms with Gasteiger partial charge in [0.25, 0.3) is 0 Å². The average Bonchev–Trinajstić information content (AvgIpc) is 3.29. The van der Waals surface area contributed by atoms with Crippen molar-refractivity contribution in [3.8, 4) is 5.69 Å². The molecule has 1 N–H and O–H groups in total. The lowest BCUT2D eigenvalue weighted by Crippen LogP contribution is -2.32. The average molecular weight is 343 g/mol. The van der Waals surface area contributed by atoms with E-state index in [1.165, 1.54) is 16.7 Å². The van der Waals surface area contributed by atoms with E-state index in [0.717, 1.165) is 24.4 Å². The van der Waals surface area contributed by atoms with Gasteiger partial charge < -0.3 is 5.32 Å². The van der Waals surface area contributed by atoms with E-state index in [0.29, 0.717) is 23.4 Å². The number of urea groups is 1. The molecule has 124 valence electrons. The number of carbonyl (C=O) groups excluding carboxylic acids is 2. The maximum absolute atomic E-state index is 11.6. The summed E-state index contributed by atoms with van der Waals surface area (Å²) in [5, 5.41) is 7.81. The van der Waals surface area contributed by atoms with Gasteiger partial charge in [0.05, 0.1) is 12.2 Å². The molecule has 2 fully saturated rings. The van der Waals surface area contributed by atoms with Crippen LogP contribution in [-0.4, -0.2) is 50.4 Å². The van der Waals surface area contributed by atoms with Gasteiger partial charge in [0, 0.05) is 18.2 Å². The second kappa shape index (κ2) is 6.27. The van der Waals surface area contributed by atoms with Gasteiger partial charge in [-0.15, -0.1) is 5.10 Å². The molecule has 7 nitrogen and oxygen atoms in total. The Balaban J connectivity index is 1.46. The molecule has 0 atom stereocenters. The van der Waals surface area contributed by atoms with Crippen LogP contribution in [0.3, 0.4) is 0 Å². The van der Waals surface area contributed by atoms with Crippen LogP contribution in [0.2, 0.25) is 0 Å². The molecule has 4 rings (SSSR count). The molecule has 2 aliphatic rings. The van der Waals surface area contributed by atoms with Crippen molar-refractivity contribution in [2.24, 2.45) is 0 Å². The van der Waals surface area contributed by atoms with Crippen LogP contribution < -0.4 is 5.32 Å². The predicted octanol–water partition coefficient (Wildman–Crippen LogP) is 1.79. The Labute approximate surface area is 143 Å². The smallest absolute Gasteiger partial charge is 0.324 e. The molecule has 1 aliphatic heterocycles. The highest BCUT2D eigenvalue weighted by molar-refractivity contribution is 7.99. The van der Waals surface area contributed by atoms with E-state index in [2.05, 4.69) is 15.4 Å². The third kappa shape index (κ3) is 3.01. The quantitative estimate of drug-likeness (QED) is 0.639. The highest BCUT2D eigenvalue weighted by atomic mass is 32.2. The van der Waals surface area contributed by atoms with E-state index in [1.54, 1.807) is 0 Å². The van der Waals surface area contributed by atoms with E-state index >= 15 is 0 Å². The minimum Gasteiger partial charge on any atom is -0.329 e. The Bertz CT molecular complexity index is 756. The van der Waals surface area contributed by atoms with Gasteiger partial charge in [0.1, 0.15) is 5.82 Å². The molecular weight excluding hydrogens is 326 g/mol. The molecule has 0 unspecified atom stereocenters. The van der Waals surface area contributed by atoms with Crippen molar-refractivity contribution >= 4 is 23.7 Å². The van der Waals surface area contributed by atoms with Gasteiger partial charge in [-0.3, -0.25) is 9.69 Å². The van der Waals surface area contributed by atoms with Crippen molar-refractivity contribution in [2.45, 2.75) is 23.9 Å². The number of rotatable bonds is 6. The first-order valence-corrected chi connectivity index (χ1v) is 8.94. The molecule has 2 aromatic rings. The summed E-state index contributed by atoms with van der Waals surface area (Å²) in [4.78, 5) is 29.0. The first kappa shape index (κ1) is 15.2. The Morgan fingerprint density at radius 2 is 2.00 bits per heavy atom. The van der Waals surface area contributed by atoms with Crippen molar-refractivity contribution in [2.75, 3.05) is 18.8 Å². The molecule has 1 saturated carbocycles. The third-order valence-electron chi connectivity index (χ3n) is 4.04. The number of para-hydroxylation sites is 1. The van der Waals surface area contributed by atoms with Gasteiger partial charge in [0.15, 0.2) is 0 Å². The fourth-order valence-corrected chi connectivity index (χ4v) is 3.39. The van der Waals surface area contributed by atoms with Crippen LogP contribution >= 0.6 is 11.8 Å². The number of amides is 3. The van der Waals surface area contributed by atoms with Crippen molar-refractivity contribution < 1.29 is 9.59 Å². The summed E-state index contributed by atoms with van der Waals surface area (Å²) in [5.41, 5.74) is 1.01. The van der Waals surface area contributed by atoms with Crippen molar-refractivity contribution in [3.05, 3.63) is 36.2 Å². The molecule has 3 amide bonds. The number of carbonyl (C=O) groups is 2. The fourth-order valence-electron chi connectivity index (χ4n) is 2.64. The molecule has 0 bridgehead atoms. The highest BCUT2D eigenvalue weighted by Crippen LogP contribution is 2.40. The maximum atomic E-state index is 11.6. The minimum atomic E-state index is -0.318.